The maximum atomic E-state index is 13.0. The first kappa shape index (κ1) is 25.9. The van der Waals surface area contributed by atoms with Gasteiger partial charge in [0.25, 0.3) is 5.91 Å². The molecule has 4 rings (SSSR count). The zero-order chi connectivity index (χ0) is 26.4. The molecular formula is C26H27ClN6O4. The summed E-state index contributed by atoms with van der Waals surface area (Å²) < 4.78 is 4.65. The van der Waals surface area contributed by atoms with Crippen LogP contribution in [0.1, 0.15) is 47.1 Å². The summed E-state index contributed by atoms with van der Waals surface area (Å²) in [6.45, 7) is 0.391. The molecule has 0 aliphatic carbocycles. The van der Waals surface area contributed by atoms with Crippen LogP contribution in [0.2, 0.25) is 5.15 Å². The molecule has 3 amide bonds. The SMILES string of the molecule is COC(=O)Nc1ccc2c(c1)NC(=O)CCC=CC[C@H](NC(=O)c1ccc(CN)cc1)c1nc-2c(Cl)[nH]1. The Balaban J connectivity index is 1.69. The van der Waals surface area contributed by atoms with Gasteiger partial charge in [-0.3, -0.25) is 14.9 Å². The van der Waals surface area contributed by atoms with E-state index in [2.05, 4.69) is 30.7 Å². The Morgan fingerprint density at radius 3 is 2.70 bits per heavy atom. The Kier molecular flexibility index (Phi) is 8.22. The second kappa shape index (κ2) is 11.7. The van der Waals surface area contributed by atoms with Gasteiger partial charge in [0.1, 0.15) is 16.7 Å². The molecule has 6 N–H and O–H groups in total. The van der Waals surface area contributed by atoms with Crippen molar-refractivity contribution >= 4 is 40.9 Å². The predicted molar refractivity (Wildman–Crippen MR) is 141 cm³/mol. The lowest BCUT2D eigenvalue weighted by Crippen LogP contribution is -2.29. The molecule has 37 heavy (non-hydrogen) atoms. The zero-order valence-electron chi connectivity index (χ0n) is 20.1. The van der Waals surface area contributed by atoms with Gasteiger partial charge in [-0.15, -0.1) is 0 Å². The molecule has 0 unspecified atom stereocenters. The lowest BCUT2D eigenvalue weighted by atomic mass is 10.1. The minimum Gasteiger partial charge on any atom is -0.453 e. The van der Waals surface area contributed by atoms with E-state index in [9.17, 15) is 14.4 Å². The molecule has 2 heterocycles. The van der Waals surface area contributed by atoms with Crippen molar-refractivity contribution in [3.8, 4) is 11.3 Å². The van der Waals surface area contributed by atoms with Gasteiger partial charge in [-0.05, 0) is 48.7 Å². The van der Waals surface area contributed by atoms with Gasteiger partial charge in [-0.1, -0.05) is 35.9 Å². The van der Waals surface area contributed by atoms with E-state index in [0.29, 0.717) is 53.4 Å². The van der Waals surface area contributed by atoms with Crippen molar-refractivity contribution < 1.29 is 19.1 Å². The fourth-order valence-corrected chi connectivity index (χ4v) is 4.10. The van der Waals surface area contributed by atoms with Gasteiger partial charge in [0.2, 0.25) is 5.91 Å². The van der Waals surface area contributed by atoms with E-state index in [1.54, 1.807) is 30.3 Å². The lowest BCUT2D eigenvalue weighted by Gasteiger charge is -2.15. The number of imidazole rings is 1. The van der Waals surface area contributed by atoms with Gasteiger partial charge in [0.15, 0.2) is 0 Å². The van der Waals surface area contributed by atoms with Crippen LogP contribution in [0.5, 0.6) is 0 Å². The summed E-state index contributed by atoms with van der Waals surface area (Å²) >= 11 is 6.55. The van der Waals surface area contributed by atoms with Gasteiger partial charge in [-0.25, -0.2) is 9.78 Å². The van der Waals surface area contributed by atoms with Crippen molar-refractivity contribution in [1.29, 1.82) is 0 Å². The Hall–Kier alpha value is -4.15. The molecule has 1 aliphatic heterocycles. The Morgan fingerprint density at radius 1 is 1.19 bits per heavy atom. The first-order valence-corrected chi connectivity index (χ1v) is 12.0. The second-order valence-electron chi connectivity index (χ2n) is 8.38. The van der Waals surface area contributed by atoms with Crippen LogP contribution in [-0.4, -0.2) is 35.0 Å². The number of anilines is 2. The third-order valence-electron chi connectivity index (χ3n) is 5.82. The zero-order valence-corrected chi connectivity index (χ0v) is 20.9. The second-order valence-corrected chi connectivity index (χ2v) is 8.76. The number of fused-ring (bicyclic) bond motifs is 4. The summed E-state index contributed by atoms with van der Waals surface area (Å²) in [4.78, 5) is 45.0. The molecule has 1 atom stereocenters. The number of hydrogen-bond donors (Lipinski definition) is 5. The predicted octanol–water partition coefficient (Wildman–Crippen LogP) is 4.52. The minimum atomic E-state index is -0.641. The highest BCUT2D eigenvalue weighted by Gasteiger charge is 2.23. The van der Waals surface area contributed by atoms with Crippen LogP contribution < -0.4 is 21.7 Å². The number of nitrogens with zero attached hydrogens (tertiary/aromatic N) is 1. The molecule has 0 spiro atoms. The molecular weight excluding hydrogens is 496 g/mol. The number of aromatic nitrogens is 2. The topological polar surface area (TPSA) is 151 Å². The van der Waals surface area contributed by atoms with Crippen LogP contribution in [0.4, 0.5) is 16.2 Å². The Morgan fingerprint density at radius 2 is 1.97 bits per heavy atom. The lowest BCUT2D eigenvalue weighted by molar-refractivity contribution is -0.116. The first-order valence-electron chi connectivity index (χ1n) is 11.7. The number of benzene rings is 2. The number of nitrogens with one attached hydrogen (secondary N) is 4. The van der Waals surface area contributed by atoms with Crippen LogP contribution in [0.3, 0.4) is 0 Å². The summed E-state index contributed by atoms with van der Waals surface area (Å²) in [7, 11) is 1.26. The van der Waals surface area contributed by atoms with Crippen LogP contribution in [-0.2, 0) is 16.1 Å². The standard InChI is InChI=1S/C26H27ClN6O4/c1-37-26(36)29-17-11-12-18-20(13-17)30-21(34)6-4-2-3-5-19(24-32-22(18)23(27)33-24)31-25(35)16-9-7-15(14-28)8-10-16/h2-3,7-13,19H,4-6,14,28H2,1H3,(H,29,36)(H,30,34)(H,31,35)(H,32,33)/t19-/m0/s1. The third kappa shape index (κ3) is 6.35. The molecule has 0 radical (unpaired) electrons. The fourth-order valence-electron chi connectivity index (χ4n) is 3.86. The van der Waals surface area contributed by atoms with Crippen LogP contribution >= 0.6 is 11.6 Å². The number of nitrogens with two attached hydrogens (primary N) is 1. The molecule has 0 saturated heterocycles. The number of aromatic amines is 1. The van der Waals surface area contributed by atoms with Crippen molar-refractivity contribution in [2.45, 2.75) is 31.8 Å². The summed E-state index contributed by atoms with van der Waals surface area (Å²) in [5.74, 6) is -0.0148. The Bertz CT molecular complexity index is 1340. The normalized spacial score (nSPS) is 15.3. The van der Waals surface area contributed by atoms with Crippen LogP contribution in [0, 0.1) is 0 Å². The van der Waals surface area contributed by atoms with E-state index in [0.717, 1.165) is 5.56 Å². The van der Waals surface area contributed by atoms with Gasteiger partial charge in [0, 0.05) is 29.8 Å². The number of amides is 3. The van der Waals surface area contributed by atoms with E-state index >= 15 is 0 Å². The largest absolute Gasteiger partial charge is 0.453 e. The maximum Gasteiger partial charge on any atom is 0.411 e. The van der Waals surface area contributed by atoms with Crippen molar-refractivity contribution in [3.05, 3.63) is 76.7 Å². The number of H-pyrrole nitrogens is 1. The number of rotatable bonds is 4. The molecule has 10 nitrogen and oxygen atoms in total. The molecule has 11 heteroatoms. The van der Waals surface area contributed by atoms with E-state index in [4.69, 9.17) is 17.3 Å². The van der Waals surface area contributed by atoms with Crippen molar-refractivity contribution in [2.24, 2.45) is 5.73 Å². The number of halogens is 1. The van der Waals surface area contributed by atoms with Crippen molar-refractivity contribution in [2.75, 3.05) is 17.7 Å². The average molecular weight is 523 g/mol. The van der Waals surface area contributed by atoms with E-state index in [1.165, 1.54) is 7.11 Å². The highest BCUT2D eigenvalue weighted by atomic mass is 35.5. The van der Waals surface area contributed by atoms with Crippen LogP contribution in [0.25, 0.3) is 11.3 Å². The average Bonchev–Trinajstić information content (AvgIpc) is 3.28. The number of methoxy groups -OCH3 is 1. The van der Waals surface area contributed by atoms with Crippen molar-refractivity contribution in [3.63, 3.8) is 0 Å². The number of carbonyl (C=O) groups excluding carboxylic acids is 3. The maximum absolute atomic E-state index is 13.0. The molecule has 0 saturated carbocycles. The summed E-state index contributed by atoms with van der Waals surface area (Å²) in [6, 6.07) is 11.5. The monoisotopic (exact) mass is 522 g/mol. The first-order chi connectivity index (χ1) is 17.9. The van der Waals surface area contributed by atoms with Crippen molar-refractivity contribution in [1.82, 2.24) is 15.3 Å². The molecule has 3 aromatic rings. The summed E-state index contributed by atoms with van der Waals surface area (Å²) in [5.41, 5.74) is 8.86. The molecule has 2 aromatic carbocycles. The van der Waals surface area contributed by atoms with Gasteiger partial charge in [-0.2, -0.15) is 0 Å². The van der Waals surface area contributed by atoms with E-state index < -0.39 is 12.1 Å². The van der Waals surface area contributed by atoms with Gasteiger partial charge in [0.05, 0.1) is 18.8 Å². The molecule has 1 aromatic heterocycles. The summed E-state index contributed by atoms with van der Waals surface area (Å²) in [6.07, 6.45) is 4.33. The number of ether oxygens (including phenoxy) is 1. The fraction of sp³-hybridized carbons (Fsp3) is 0.231. The number of carbonyl (C=O) groups is 3. The van der Waals surface area contributed by atoms with E-state index in [1.807, 2.05) is 24.3 Å². The quantitative estimate of drug-likeness (QED) is 0.318. The molecule has 192 valence electrons. The Labute approximate surface area is 218 Å². The number of allylic oxidation sites excluding steroid dienone is 1. The highest BCUT2D eigenvalue weighted by Crippen LogP contribution is 2.35. The third-order valence-corrected chi connectivity index (χ3v) is 6.10. The molecule has 0 fully saturated rings. The number of hydrogen-bond acceptors (Lipinski definition) is 6. The van der Waals surface area contributed by atoms with Crippen LogP contribution in [0.15, 0.2) is 54.6 Å². The molecule has 2 bridgehead atoms. The van der Waals surface area contributed by atoms with Gasteiger partial charge >= 0.3 is 6.09 Å². The van der Waals surface area contributed by atoms with E-state index in [-0.39, 0.29) is 23.4 Å². The molecule has 1 aliphatic rings. The highest BCUT2D eigenvalue weighted by molar-refractivity contribution is 6.32. The summed E-state index contributed by atoms with van der Waals surface area (Å²) in [5, 5.41) is 8.71. The smallest absolute Gasteiger partial charge is 0.411 e. The minimum absolute atomic E-state index is 0.210. The van der Waals surface area contributed by atoms with Gasteiger partial charge < -0.3 is 26.1 Å².